The Labute approximate surface area is 385 Å². The normalized spacial score (nSPS) is 27.3. The van der Waals surface area contributed by atoms with Crippen LogP contribution in [-0.4, -0.2) is 95.9 Å². The SMILES string of the molecule is COc1ccc2c(O[C@@H]3C[C@H]4C(=O)N[C@]5(C(=O)NS(=O)(=O)C6(C)CC6)C[C@H]5/C=C\CC[C@@H](C)C[C@@H](C)[C@H](NC(=O)OC(C)(C)C)C(=O)N4C3)nc(-c3ccc(OC(C)C)c(F)c3)cc2c1.[HH].[HH].[HH]. The number of pyridine rings is 1. The van der Waals surface area contributed by atoms with Gasteiger partial charge in [0, 0.05) is 27.6 Å². The van der Waals surface area contributed by atoms with Gasteiger partial charge in [-0.3, -0.25) is 19.1 Å². The molecule has 3 aromatic rings. The van der Waals surface area contributed by atoms with Crippen LogP contribution in [0.3, 0.4) is 0 Å². The standard InChI is InChI=1S/C48H62FN5O10S.3H2/c1-27(2)62-39-17-14-30(22-36(39)49)37-23-31-21-33(61-9)15-16-35(31)42(50-37)63-34-24-38-41(55)52-48(44(57)53-65(59,60)47(8)18-19-47)25-32(48)13-11-10-12-28(3)20-29(4)40(43(56)54(38)26-34)51-45(58)64-46(5,6)7;;;/h11,13-17,21-23,27-29,32,34,38,40H,10,12,18-20,24-26H2,1-9H3,(H,51,58)(H,52,55)(H,53,57);3*1H/b13-11-;;;/t28-,29-,32-,34-,38+,40+,48-;;;/m1.../s1. The summed E-state index contributed by atoms with van der Waals surface area (Å²) in [5.74, 6) is -2.66. The van der Waals surface area contributed by atoms with E-state index in [4.69, 9.17) is 23.9 Å². The number of methoxy groups -OCH3 is 1. The molecule has 0 radical (unpaired) electrons. The number of alkyl carbamates (subject to hydrolysis) is 1. The third-order valence-electron chi connectivity index (χ3n) is 12.8. The van der Waals surface area contributed by atoms with Crippen molar-refractivity contribution in [2.75, 3.05) is 13.7 Å². The number of allylic oxidation sites excluding steroid dienone is 1. The Balaban J connectivity index is 0.00000336. The number of aromatic nitrogens is 1. The smallest absolute Gasteiger partial charge is 0.408 e. The van der Waals surface area contributed by atoms with Gasteiger partial charge in [-0.15, -0.1) is 0 Å². The monoisotopic (exact) mass is 925 g/mol. The zero-order valence-electron chi connectivity index (χ0n) is 38.7. The first-order valence-electron chi connectivity index (χ1n) is 22.5. The molecule has 17 heteroatoms. The number of ether oxygens (including phenoxy) is 4. The van der Waals surface area contributed by atoms with Crippen molar-refractivity contribution in [3.63, 3.8) is 0 Å². The van der Waals surface area contributed by atoms with Gasteiger partial charge in [0.2, 0.25) is 27.7 Å². The maximum Gasteiger partial charge on any atom is 0.408 e. The van der Waals surface area contributed by atoms with E-state index in [0.717, 1.165) is 6.42 Å². The summed E-state index contributed by atoms with van der Waals surface area (Å²) in [5.41, 5.74) is -1.65. The highest BCUT2D eigenvalue weighted by Crippen LogP contribution is 2.48. The Hall–Kier alpha value is -5.45. The Morgan fingerprint density at radius 1 is 1.06 bits per heavy atom. The molecule has 2 aliphatic carbocycles. The van der Waals surface area contributed by atoms with Crippen LogP contribution in [0.2, 0.25) is 0 Å². The van der Waals surface area contributed by atoms with Crippen LogP contribution in [0, 0.1) is 23.6 Å². The first-order chi connectivity index (χ1) is 30.5. The zero-order valence-corrected chi connectivity index (χ0v) is 39.5. The lowest BCUT2D eigenvalue weighted by molar-refractivity contribution is -0.142. The first-order valence-corrected chi connectivity index (χ1v) is 24.0. The number of amides is 4. The van der Waals surface area contributed by atoms with E-state index in [0.29, 0.717) is 53.5 Å². The predicted octanol–water partition coefficient (Wildman–Crippen LogP) is 7.70. The molecule has 7 atom stereocenters. The lowest BCUT2D eigenvalue weighted by Gasteiger charge is -2.33. The highest BCUT2D eigenvalue weighted by Gasteiger charge is 2.63. The lowest BCUT2D eigenvalue weighted by Crippen LogP contribution is -2.59. The Kier molecular flexibility index (Phi) is 13.2. The molecule has 2 saturated carbocycles. The van der Waals surface area contributed by atoms with Crippen molar-refractivity contribution in [3.8, 4) is 28.6 Å². The fourth-order valence-corrected chi connectivity index (χ4v) is 10.1. The predicted molar refractivity (Wildman–Crippen MR) is 248 cm³/mol. The molecule has 15 nitrogen and oxygen atoms in total. The van der Waals surface area contributed by atoms with Crippen LogP contribution in [0.4, 0.5) is 9.18 Å². The van der Waals surface area contributed by atoms with E-state index >= 15 is 9.18 Å². The molecule has 1 aromatic heterocycles. The second-order valence-corrected chi connectivity index (χ2v) is 22.0. The summed E-state index contributed by atoms with van der Waals surface area (Å²) in [6, 6.07) is 9.29. The largest absolute Gasteiger partial charge is 0.497 e. The van der Waals surface area contributed by atoms with Gasteiger partial charge in [0.1, 0.15) is 35.1 Å². The number of hydrogen-bond donors (Lipinski definition) is 3. The molecule has 1 saturated heterocycles. The molecule has 3 heterocycles. The van der Waals surface area contributed by atoms with Crippen molar-refractivity contribution in [1.29, 1.82) is 0 Å². The van der Waals surface area contributed by atoms with E-state index in [-0.39, 0.29) is 47.3 Å². The molecule has 0 bridgehead atoms. The van der Waals surface area contributed by atoms with Gasteiger partial charge in [0.15, 0.2) is 11.6 Å². The quantitative estimate of drug-likeness (QED) is 0.169. The average molecular weight is 926 g/mol. The topological polar surface area (TPSA) is 192 Å². The molecular weight excluding hydrogens is 858 g/mol. The molecule has 358 valence electrons. The van der Waals surface area contributed by atoms with Gasteiger partial charge < -0.3 is 34.5 Å². The van der Waals surface area contributed by atoms with Crippen LogP contribution in [0.5, 0.6) is 17.4 Å². The number of fused-ring (bicyclic) bond motifs is 3. The van der Waals surface area contributed by atoms with Gasteiger partial charge in [-0.25, -0.2) is 22.6 Å². The minimum absolute atomic E-state index is 0. The maximum absolute atomic E-state index is 15.4. The minimum Gasteiger partial charge on any atom is -0.497 e. The summed E-state index contributed by atoms with van der Waals surface area (Å²) in [6.07, 6.45) is 4.73. The van der Waals surface area contributed by atoms with Crippen LogP contribution < -0.4 is 29.6 Å². The van der Waals surface area contributed by atoms with E-state index in [1.54, 1.807) is 71.9 Å². The third-order valence-corrected chi connectivity index (χ3v) is 15.0. The second-order valence-electron chi connectivity index (χ2n) is 19.8. The van der Waals surface area contributed by atoms with Gasteiger partial charge in [-0.2, -0.15) is 0 Å². The number of hydrogen-bond acceptors (Lipinski definition) is 11. The summed E-state index contributed by atoms with van der Waals surface area (Å²) < 4.78 is 66.6. The van der Waals surface area contributed by atoms with E-state index in [1.165, 1.54) is 24.1 Å². The number of carbonyl (C=O) groups is 4. The molecular formula is C48H68FN5O10S. The van der Waals surface area contributed by atoms with Crippen LogP contribution >= 0.6 is 0 Å². The van der Waals surface area contributed by atoms with Crippen LogP contribution in [0.15, 0.2) is 54.6 Å². The molecule has 7 rings (SSSR count). The number of sulfonamides is 1. The van der Waals surface area contributed by atoms with Gasteiger partial charge in [0.05, 0.1) is 30.2 Å². The third kappa shape index (κ3) is 10.5. The van der Waals surface area contributed by atoms with Crippen molar-refractivity contribution in [2.45, 2.75) is 141 Å². The van der Waals surface area contributed by atoms with E-state index in [1.807, 2.05) is 19.1 Å². The molecule has 65 heavy (non-hydrogen) atoms. The van der Waals surface area contributed by atoms with Crippen molar-refractivity contribution in [1.82, 2.24) is 25.2 Å². The summed E-state index contributed by atoms with van der Waals surface area (Å²) in [4.78, 5) is 63.5. The maximum atomic E-state index is 15.4. The number of nitrogens with zero attached hydrogens (tertiary/aromatic N) is 2. The van der Waals surface area contributed by atoms with E-state index in [9.17, 15) is 22.8 Å². The van der Waals surface area contributed by atoms with Crippen LogP contribution in [0.1, 0.15) is 105 Å². The summed E-state index contributed by atoms with van der Waals surface area (Å²) in [7, 11) is -2.51. The minimum atomic E-state index is -4.05. The van der Waals surface area contributed by atoms with Gasteiger partial charge in [-0.05, 0) is 140 Å². The highest BCUT2D eigenvalue weighted by molar-refractivity contribution is 7.91. The molecule has 4 aliphatic rings. The Bertz CT molecular complexity index is 2500. The van der Waals surface area contributed by atoms with Gasteiger partial charge >= 0.3 is 6.09 Å². The molecule has 0 unspecified atom stereocenters. The van der Waals surface area contributed by atoms with Crippen molar-refractivity contribution in [3.05, 3.63) is 60.4 Å². The lowest BCUT2D eigenvalue weighted by atomic mass is 9.88. The second kappa shape index (κ2) is 18.1. The van der Waals surface area contributed by atoms with Gasteiger partial charge in [-0.1, -0.05) is 26.0 Å². The number of carbonyl (C=O) groups excluding carboxylic acids is 4. The highest BCUT2D eigenvalue weighted by atomic mass is 32.2. The summed E-state index contributed by atoms with van der Waals surface area (Å²) >= 11 is 0. The summed E-state index contributed by atoms with van der Waals surface area (Å²) in [5, 5.41) is 6.96. The number of rotatable bonds is 10. The molecule has 4 amide bonds. The van der Waals surface area contributed by atoms with Crippen molar-refractivity contribution < 1.29 is 55.2 Å². The fraction of sp³-hybridized carbons (Fsp3) is 0.562. The molecule has 3 N–H and O–H groups in total. The van der Waals surface area contributed by atoms with Crippen molar-refractivity contribution in [2.24, 2.45) is 17.8 Å². The zero-order chi connectivity index (χ0) is 47.2. The van der Waals surface area contributed by atoms with E-state index < -0.39 is 85.6 Å². The fourth-order valence-electron chi connectivity index (χ4n) is 8.77. The first kappa shape index (κ1) is 47.5. The van der Waals surface area contributed by atoms with Crippen molar-refractivity contribution >= 4 is 44.6 Å². The Morgan fingerprint density at radius 2 is 1.80 bits per heavy atom. The Morgan fingerprint density at radius 3 is 2.46 bits per heavy atom. The average Bonchev–Trinajstić information content (AvgIpc) is 4.10. The number of halogens is 1. The van der Waals surface area contributed by atoms with E-state index in [2.05, 4.69) is 22.3 Å². The number of nitrogens with one attached hydrogen (secondary N) is 3. The molecule has 3 fully saturated rings. The molecule has 2 aromatic carbocycles. The van der Waals surface area contributed by atoms with Crippen LogP contribution in [-0.2, 0) is 29.1 Å². The van der Waals surface area contributed by atoms with Crippen LogP contribution in [0.25, 0.3) is 22.0 Å². The number of benzene rings is 2. The summed E-state index contributed by atoms with van der Waals surface area (Å²) in [6.45, 7) is 14.1. The molecule has 2 aliphatic heterocycles. The van der Waals surface area contributed by atoms with Gasteiger partial charge in [0.25, 0.3) is 5.91 Å². The molecule has 0 spiro atoms.